The molecule has 224 valence electrons. The van der Waals surface area contributed by atoms with E-state index in [1.807, 2.05) is 6.08 Å². The second kappa shape index (κ2) is 10.6. The largest absolute Gasteiger partial charge is 0.491 e. The number of aliphatic hydroxyl groups is 1. The van der Waals surface area contributed by atoms with Crippen LogP contribution in [-0.2, 0) is 23.9 Å². The van der Waals surface area contributed by atoms with Crippen LogP contribution in [0.2, 0.25) is 5.02 Å². The van der Waals surface area contributed by atoms with Gasteiger partial charge >= 0.3 is 6.09 Å². The van der Waals surface area contributed by atoms with Gasteiger partial charge < -0.3 is 14.6 Å². The Balaban J connectivity index is 1.53. The molecule has 2 aliphatic heterocycles. The minimum absolute atomic E-state index is 0.0226. The number of carbonyl (C=O) groups is 5. The molecule has 3 fully saturated rings. The van der Waals surface area contributed by atoms with E-state index in [1.54, 1.807) is 31.2 Å². The molecular formula is C31H28ClFN2O8. The summed E-state index contributed by atoms with van der Waals surface area (Å²) < 4.78 is 24.6. The summed E-state index contributed by atoms with van der Waals surface area (Å²) in [6.07, 6.45) is 0.966. The Kier molecular flexibility index (Phi) is 7.13. The fourth-order valence-corrected chi connectivity index (χ4v) is 7.68. The van der Waals surface area contributed by atoms with E-state index in [4.69, 9.17) is 21.1 Å². The molecule has 2 aromatic carbocycles. The second-order valence-corrected chi connectivity index (χ2v) is 11.8. The highest BCUT2D eigenvalue weighted by molar-refractivity contribution is 6.31. The summed E-state index contributed by atoms with van der Waals surface area (Å²) in [5.41, 5.74) is -0.00787. The highest BCUT2D eigenvalue weighted by atomic mass is 35.5. The topological polar surface area (TPSA) is 131 Å². The van der Waals surface area contributed by atoms with Crippen LogP contribution >= 0.6 is 11.6 Å². The lowest BCUT2D eigenvalue weighted by molar-refractivity contribution is -0.138. The minimum Gasteiger partial charge on any atom is -0.491 e. The number of para-hydroxylation sites is 1. The smallest absolute Gasteiger partial charge is 0.423 e. The van der Waals surface area contributed by atoms with Crippen molar-refractivity contribution in [2.45, 2.75) is 25.7 Å². The number of halogens is 2. The van der Waals surface area contributed by atoms with Crippen molar-refractivity contribution in [3.8, 4) is 5.75 Å². The van der Waals surface area contributed by atoms with Gasteiger partial charge in [0.2, 0.25) is 23.6 Å². The highest BCUT2D eigenvalue weighted by Crippen LogP contribution is 2.64. The number of hydrogen-bond donors (Lipinski definition) is 1. The molecule has 6 rings (SSSR count). The van der Waals surface area contributed by atoms with Crippen molar-refractivity contribution in [3.63, 3.8) is 0 Å². The van der Waals surface area contributed by atoms with Crippen LogP contribution in [0.3, 0.4) is 0 Å². The predicted molar refractivity (Wildman–Crippen MR) is 149 cm³/mol. The zero-order valence-electron chi connectivity index (χ0n) is 23.3. The van der Waals surface area contributed by atoms with Gasteiger partial charge in [0.05, 0.1) is 47.6 Å². The standard InChI is InChI=1S/C31H28ClFN2O8/c1-31-20(27(38)34(29(31)40)15-7-10-22(33)21(32)13-15)14-19-16(25(31)17-5-3-4-6-23(17)43-12-11-36)8-9-18-24(19)28(39)35(26(18)37)30(41)42-2/h3-8,10,13,18-20,24-25,36H,9,11-12,14H2,1-2H3/t18-,19+,20-,24-,25+,31+/m0/s1. The molecule has 0 aromatic heterocycles. The van der Waals surface area contributed by atoms with Crippen LogP contribution in [0.15, 0.2) is 54.1 Å². The van der Waals surface area contributed by atoms with E-state index >= 15 is 0 Å². The summed E-state index contributed by atoms with van der Waals surface area (Å²) in [7, 11) is 1.08. The van der Waals surface area contributed by atoms with Gasteiger partial charge in [0, 0.05) is 11.5 Å². The molecule has 4 aliphatic rings. The first kappa shape index (κ1) is 29.0. The molecule has 2 saturated heterocycles. The lowest BCUT2D eigenvalue weighted by Crippen LogP contribution is -2.49. The van der Waals surface area contributed by atoms with Crippen molar-refractivity contribution in [1.29, 1.82) is 0 Å². The van der Waals surface area contributed by atoms with Crippen molar-refractivity contribution >= 4 is 47.0 Å². The summed E-state index contributed by atoms with van der Waals surface area (Å²) in [5, 5.41) is 9.20. The van der Waals surface area contributed by atoms with E-state index in [0.717, 1.165) is 18.1 Å². The van der Waals surface area contributed by atoms with Gasteiger partial charge in [-0.3, -0.25) is 19.2 Å². The zero-order chi connectivity index (χ0) is 30.8. The maximum absolute atomic E-state index is 14.4. The number of likely N-dealkylation sites (tertiary alicyclic amines) is 1. The normalized spacial score (nSPS) is 29.7. The predicted octanol–water partition coefficient (Wildman–Crippen LogP) is 3.85. The lowest BCUT2D eigenvalue weighted by Gasteiger charge is -2.49. The van der Waals surface area contributed by atoms with E-state index in [1.165, 1.54) is 12.1 Å². The van der Waals surface area contributed by atoms with Crippen LogP contribution in [0.5, 0.6) is 5.75 Å². The molecule has 0 unspecified atom stereocenters. The van der Waals surface area contributed by atoms with Gasteiger partial charge in [-0.15, -0.1) is 0 Å². The van der Waals surface area contributed by atoms with Crippen molar-refractivity contribution in [1.82, 2.24) is 4.90 Å². The zero-order valence-corrected chi connectivity index (χ0v) is 24.0. The molecule has 5 amide bonds. The van der Waals surface area contributed by atoms with E-state index in [2.05, 4.69) is 0 Å². The van der Waals surface area contributed by atoms with Crippen LogP contribution in [0.1, 0.15) is 31.2 Å². The fraction of sp³-hybridized carbons (Fsp3) is 0.387. The third kappa shape index (κ3) is 4.12. The maximum Gasteiger partial charge on any atom is 0.423 e. The Hall–Kier alpha value is -4.09. The Labute approximate surface area is 251 Å². The molecule has 10 nitrogen and oxygen atoms in total. The Bertz CT molecular complexity index is 1610. The number of fused-ring (bicyclic) bond motifs is 4. The minimum atomic E-state index is -1.38. The third-order valence-corrected chi connectivity index (χ3v) is 9.66. The first-order valence-electron chi connectivity index (χ1n) is 13.9. The number of aliphatic hydroxyl groups excluding tert-OH is 1. The van der Waals surface area contributed by atoms with Crippen molar-refractivity contribution in [2.24, 2.45) is 29.1 Å². The van der Waals surface area contributed by atoms with Crippen LogP contribution in [0, 0.1) is 34.9 Å². The molecule has 2 heterocycles. The van der Waals surface area contributed by atoms with Gasteiger partial charge in [0.25, 0.3) is 0 Å². The number of benzene rings is 2. The Morgan fingerprint density at radius 2 is 1.84 bits per heavy atom. The van der Waals surface area contributed by atoms with Gasteiger partial charge in [0.1, 0.15) is 18.2 Å². The van der Waals surface area contributed by atoms with E-state index in [0.29, 0.717) is 21.8 Å². The lowest BCUT2D eigenvalue weighted by atomic mass is 9.51. The van der Waals surface area contributed by atoms with Crippen LogP contribution in [0.25, 0.3) is 0 Å². The summed E-state index contributed by atoms with van der Waals surface area (Å²) >= 11 is 6.03. The van der Waals surface area contributed by atoms with Crippen LogP contribution < -0.4 is 9.64 Å². The molecule has 12 heteroatoms. The number of amides is 5. The molecule has 2 aromatic rings. The molecule has 1 N–H and O–H groups in total. The van der Waals surface area contributed by atoms with E-state index < -0.39 is 70.5 Å². The monoisotopic (exact) mass is 610 g/mol. The van der Waals surface area contributed by atoms with Gasteiger partial charge in [-0.25, -0.2) is 14.1 Å². The number of allylic oxidation sites excluding steroid dienone is 2. The molecule has 0 radical (unpaired) electrons. The van der Waals surface area contributed by atoms with Crippen molar-refractivity contribution < 1.29 is 42.9 Å². The molecule has 0 spiro atoms. The van der Waals surface area contributed by atoms with E-state index in [9.17, 15) is 33.5 Å². The van der Waals surface area contributed by atoms with Crippen molar-refractivity contribution in [2.75, 3.05) is 25.2 Å². The number of imide groups is 4. The first-order valence-corrected chi connectivity index (χ1v) is 14.3. The Morgan fingerprint density at radius 1 is 1.09 bits per heavy atom. The number of anilines is 1. The number of hydrogen-bond acceptors (Lipinski definition) is 8. The highest BCUT2D eigenvalue weighted by Gasteiger charge is 2.68. The third-order valence-electron chi connectivity index (χ3n) is 9.37. The molecule has 6 atom stereocenters. The van der Waals surface area contributed by atoms with Gasteiger partial charge in [0.15, 0.2) is 0 Å². The molecular weight excluding hydrogens is 583 g/mol. The van der Waals surface area contributed by atoms with Crippen molar-refractivity contribution in [3.05, 3.63) is 70.5 Å². The summed E-state index contributed by atoms with van der Waals surface area (Å²) in [6, 6.07) is 10.6. The summed E-state index contributed by atoms with van der Waals surface area (Å²) in [5.74, 6) is -6.92. The van der Waals surface area contributed by atoms with Gasteiger partial charge in [-0.05, 0) is 49.9 Å². The van der Waals surface area contributed by atoms with Crippen LogP contribution in [0.4, 0.5) is 14.9 Å². The second-order valence-electron chi connectivity index (χ2n) is 11.4. The Morgan fingerprint density at radius 3 is 2.53 bits per heavy atom. The number of methoxy groups -OCH3 is 1. The summed E-state index contributed by atoms with van der Waals surface area (Å²) in [4.78, 5) is 69.4. The quantitative estimate of drug-likeness (QED) is 0.399. The average Bonchev–Trinajstić information content (AvgIpc) is 3.37. The number of rotatable bonds is 5. The van der Waals surface area contributed by atoms with Crippen LogP contribution in [-0.4, -0.2) is 60.1 Å². The maximum atomic E-state index is 14.4. The molecule has 43 heavy (non-hydrogen) atoms. The summed E-state index contributed by atoms with van der Waals surface area (Å²) in [6.45, 7) is 1.41. The first-order chi connectivity index (χ1) is 20.6. The van der Waals surface area contributed by atoms with Gasteiger partial charge in [-0.1, -0.05) is 41.4 Å². The fourth-order valence-electron chi connectivity index (χ4n) is 7.51. The molecule has 2 aliphatic carbocycles. The number of carbonyl (C=O) groups excluding carboxylic acids is 5. The SMILES string of the molecule is COC(=O)N1C(=O)[C@H]2[C@H](CC=C3[C@H]2C[C@H]2C(=O)N(c4ccc(F)c(Cl)c4)C(=O)[C@@]2(C)[C@H]3c2ccccc2OCCO)C1=O. The number of nitrogens with zero attached hydrogens (tertiary/aromatic N) is 2. The average molecular weight is 611 g/mol. The number of ether oxygens (including phenoxy) is 2. The molecule has 0 bridgehead atoms. The van der Waals surface area contributed by atoms with Gasteiger partial charge in [-0.2, -0.15) is 4.90 Å². The van der Waals surface area contributed by atoms with E-state index in [-0.39, 0.29) is 36.8 Å². The molecule has 1 saturated carbocycles.